The first kappa shape index (κ1) is 53.1. The smallest absolute Gasteiger partial charge is 0.351 e. The fourth-order valence-corrected chi connectivity index (χ4v) is 13.5. The maximum absolute atomic E-state index is 17.8. The molecule has 4 aliphatic carbocycles. The van der Waals surface area contributed by atoms with Crippen molar-refractivity contribution in [1.82, 2.24) is 10.2 Å². The molecule has 0 spiro atoms. The average molecular weight is 923 g/mol. The normalized spacial score (nSPS) is 45.2. The van der Waals surface area contributed by atoms with E-state index in [0.717, 1.165) is 6.08 Å². The van der Waals surface area contributed by atoms with Crippen molar-refractivity contribution in [2.45, 2.75) is 187 Å². The zero-order valence-electron chi connectivity index (χ0n) is 40.8. The number of aliphatic hydroxyl groups is 4. The second-order valence-electron chi connectivity index (χ2n) is 21.8. The lowest BCUT2D eigenvalue weighted by Crippen LogP contribution is -2.71. The maximum Gasteiger partial charge on any atom is 0.351 e. The highest BCUT2D eigenvalue weighted by molar-refractivity contribution is 6.01. The van der Waals surface area contributed by atoms with Crippen LogP contribution in [0.1, 0.15) is 134 Å². The molecule has 1 saturated heterocycles. The van der Waals surface area contributed by atoms with Crippen LogP contribution in [0.3, 0.4) is 0 Å². The van der Waals surface area contributed by atoms with Crippen molar-refractivity contribution in [3.63, 3.8) is 0 Å². The summed E-state index contributed by atoms with van der Waals surface area (Å²) in [6.45, 7) is 21.0. The Labute approximate surface area is 385 Å². The number of hydrogen-bond donors (Lipinski definition) is 5. The number of hydrogen-bond acceptors (Lipinski definition) is 13. The van der Waals surface area contributed by atoms with Gasteiger partial charge in [0.15, 0.2) is 11.5 Å². The van der Waals surface area contributed by atoms with Crippen LogP contribution in [-0.2, 0) is 33.4 Å². The molecular weight excluding hydrogens is 843 g/mol. The predicted octanol–water partition coefficient (Wildman–Crippen LogP) is 5.73. The molecular formula is C50H80F2N2O11. The molecule has 3 saturated carbocycles. The highest BCUT2D eigenvalue weighted by atomic mass is 19.1. The molecule has 13 nitrogen and oxygen atoms in total. The lowest BCUT2D eigenvalue weighted by Gasteiger charge is -2.63. The number of nitrogens with zero attached hydrogens (tertiary/aromatic N) is 1. The zero-order valence-corrected chi connectivity index (χ0v) is 40.8. The summed E-state index contributed by atoms with van der Waals surface area (Å²) in [5.41, 5.74) is -9.94. The molecule has 370 valence electrons. The highest BCUT2D eigenvalue weighted by Gasteiger charge is 2.78. The quantitative estimate of drug-likeness (QED) is 0.0960. The first-order valence-electron chi connectivity index (χ1n) is 24.3. The van der Waals surface area contributed by atoms with E-state index in [1.807, 2.05) is 27.7 Å². The van der Waals surface area contributed by atoms with Gasteiger partial charge in [0.1, 0.15) is 24.0 Å². The number of allylic oxidation sites excluding steroid dienone is 4. The molecule has 1 heterocycles. The van der Waals surface area contributed by atoms with Crippen molar-refractivity contribution in [2.24, 2.45) is 46.3 Å². The van der Waals surface area contributed by atoms with Gasteiger partial charge in [-0.05, 0) is 135 Å². The molecule has 65 heavy (non-hydrogen) atoms. The van der Waals surface area contributed by atoms with Gasteiger partial charge in [-0.2, -0.15) is 0 Å². The number of carbonyl (C=O) groups excluding carboxylic acids is 4. The van der Waals surface area contributed by atoms with Crippen LogP contribution in [0.5, 0.6) is 0 Å². The summed E-state index contributed by atoms with van der Waals surface area (Å²) >= 11 is 0. The van der Waals surface area contributed by atoms with E-state index in [0.29, 0.717) is 51.7 Å². The van der Waals surface area contributed by atoms with Crippen LogP contribution in [-0.4, -0.2) is 135 Å². The summed E-state index contributed by atoms with van der Waals surface area (Å²) in [5.74, 6) is -5.20. The summed E-state index contributed by atoms with van der Waals surface area (Å²) in [6, 6.07) is -0.575. The summed E-state index contributed by atoms with van der Waals surface area (Å²) in [7, 11) is 0. The van der Waals surface area contributed by atoms with E-state index in [1.165, 1.54) is 26.0 Å². The molecule has 0 aromatic rings. The van der Waals surface area contributed by atoms with E-state index < -0.39 is 111 Å². The highest BCUT2D eigenvalue weighted by Crippen LogP contribution is 2.71. The van der Waals surface area contributed by atoms with Crippen LogP contribution in [0.15, 0.2) is 23.8 Å². The molecule has 4 fully saturated rings. The van der Waals surface area contributed by atoms with Crippen LogP contribution in [0.2, 0.25) is 0 Å². The molecule has 5 N–H and O–H groups in total. The Hall–Kier alpha value is -2.82. The van der Waals surface area contributed by atoms with E-state index >= 15 is 8.78 Å². The van der Waals surface area contributed by atoms with Crippen molar-refractivity contribution in [3.05, 3.63) is 23.8 Å². The second-order valence-corrected chi connectivity index (χ2v) is 21.8. The van der Waals surface area contributed by atoms with Crippen LogP contribution in [0, 0.1) is 46.3 Å². The van der Waals surface area contributed by atoms with Crippen molar-refractivity contribution in [1.29, 1.82) is 0 Å². The molecule has 15 heteroatoms. The fourth-order valence-electron chi connectivity index (χ4n) is 13.5. The molecule has 0 radical (unpaired) electrons. The molecule has 5 aliphatic rings. The van der Waals surface area contributed by atoms with E-state index in [-0.39, 0.29) is 56.2 Å². The van der Waals surface area contributed by atoms with E-state index in [9.17, 15) is 39.6 Å². The number of rotatable bonds is 11. The van der Waals surface area contributed by atoms with Crippen molar-refractivity contribution < 1.29 is 62.6 Å². The lowest BCUT2D eigenvalue weighted by molar-refractivity contribution is -0.239. The van der Waals surface area contributed by atoms with E-state index in [2.05, 4.69) is 10.2 Å². The number of ketones is 1. The third-order valence-corrected chi connectivity index (χ3v) is 16.5. The van der Waals surface area contributed by atoms with Gasteiger partial charge >= 0.3 is 17.9 Å². The van der Waals surface area contributed by atoms with Gasteiger partial charge in [0.25, 0.3) is 0 Å². The van der Waals surface area contributed by atoms with Gasteiger partial charge in [0.2, 0.25) is 5.60 Å². The minimum atomic E-state index is -2.36. The largest absolute Gasteiger partial charge is 0.463 e. The number of aliphatic hydroxyl groups excluding tert-OH is 2. The maximum atomic E-state index is 17.8. The van der Waals surface area contributed by atoms with Gasteiger partial charge in [-0.15, -0.1) is 0 Å². The average Bonchev–Trinajstić information content (AvgIpc) is 3.43. The Morgan fingerprint density at radius 3 is 2.25 bits per heavy atom. The van der Waals surface area contributed by atoms with Gasteiger partial charge in [0.05, 0.1) is 30.7 Å². The second kappa shape index (κ2) is 20.0. The molecule has 0 amide bonds. The number of alkyl halides is 2. The molecule has 17 atom stereocenters. The Morgan fingerprint density at radius 2 is 1.60 bits per heavy atom. The Kier molecular flexibility index (Phi) is 16.4. The van der Waals surface area contributed by atoms with Gasteiger partial charge in [-0.3, -0.25) is 19.3 Å². The molecule has 5 rings (SSSR count). The monoisotopic (exact) mass is 923 g/mol. The fraction of sp³-hybridized carbons (Fsp3) is 0.840. The molecule has 0 aromatic heterocycles. The topological polar surface area (TPSA) is 192 Å². The van der Waals surface area contributed by atoms with Crippen LogP contribution in [0.25, 0.3) is 0 Å². The summed E-state index contributed by atoms with van der Waals surface area (Å²) in [4.78, 5) is 55.6. The third-order valence-electron chi connectivity index (χ3n) is 16.5. The van der Waals surface area contributed by atoms with Crippen molar-refractivity contribution in [3.8, 4) is 0 Å². The Morgan fingerprint density at radius 1 is 0.938 bits per heavy atom. The predicted molar refractivity (Wildman–Crippen MR) is 241 cm³/mol. The Balaban J connectivity index is 1.27. The van der Waals surface area contributed by atoms with Gasteiger partial charge in [-0.25, -0.2) is 13.6 Å². The number of nitrogens with one attached hydrogen (secondary N) is 1. The number of fused-ring (bicyclic) bond motifs is 5. The van der Waals surface area contributed by atoms with Crippen LogP contribution >= 0.6 is 0 Å². The SMILES string of the molecule is CCOC(=O)[C@@]1(OC(=O)CCNCCCN2C[C@H](C)C[C@@](C)(O)C[C@@H](C)C[C@@H](C)C(=O)O[C@H](CC)[C@@](C)(O)[C@H](O)[C@H]2C)[C@H](C)CC2C3C[C@H](F)C4=CC(=O)C=C[C@]4(C)[C@@]3(F)[C@@H](O)C[C@@]21C. The third kappa shape index (κ3) is 9.89. The standard InChI is InChI=1S/C50H80F2N2O11/c1-12-40-48(11,62)42(58)33(7)54(28-30(4)26-45(8,61)25-29(3)21-31(5)43(59)64-40)20-14-18-53-19-16-41(57)65-50(44(60)63-13-2)32(6)22-35-36-24-38(51)37-23-34(55)15-17-46(37,9)49(36,52)39(56)27-47(35,50)10/h15,17,23,29-33,35-36,38-40,42,53,56,58,61-62H,12-14,16,18-22,24-28H2,1-11H3/t29-,30+,31+,32+,33+,35?,36?,38-,39-,40+,42+,45-,46-,47-,48+,49-,50-/m0/s1. The number of ether oxygens (including phenoxy) is 3. The van der Waals surface area contributed by atoms with Crippen LogP contribution in [0.4, 0.5) is 8.78 Å². The summed E-state index contributed by atoms with van der Waals surface area (Å²) < 4.78 is 51.6. The molecule has 1 aliphatic heterocycles. The lowest BCUT2D eigenvalue weighted by atomic mass is 9.44. The number of halogens is 2. The van der Waals surface area contributed by atoms with Gasteiger partial charge in [-0.1, -0.05) is 47.6 Å². The first-order valence-corrected chi connectivity index (χ1v) is 24.3. The number of carbonyl (C=O) groups is 4. The molecule has 0 aromatic carbocycles. The first-order chi connectivity index (χ1) is 30.2. The molecule has 2 unspecified atom stereocenters. The van der Waals surface area contributed by atoms with Crippen LogP contribution < -0.4 is 5.32 Å². The summed E-state index contributed by atoms with van der Waals surface area (Å²) in [6.07, 6.45) is -0.0112. The minimum absolute atomic E-state index is 0.0000172. The van der Waals surface area contributed by atoms with E-state index in [4.69, 9.17) is 14.2 Å². The van der Waals surface area contributed by atoms with E-state index in [1.54, 1.807) is 34.6 Å². The number of esters is 3. The minimum Gasteiger partial charge on any atom is -0.463 e. The van der Waals surface area contributed by atoms with Gasteiger partial charge in [0, 0.05) is 41.8 Å². The molecule has 0 bridgehead atoms. The van der Waals surface area contributed by atoms with Gasteiger partial charge < -0.3 is 40.0 Å². The summed E-state index contributed by atoms with van der Waals surface area (Å²) in [5, 5.41) is 50.1. The Bertz CT molecular complexity index is 1810. The zero-order chi connectivity index (χ0) is 48.7. The van der Waals surface area contributed by atoms with Crippen molar-refractivity contribution >= 4 is 23.7 Å². The number of cyclic esters (lactones) is 1. The van der Waals surface area contributed by atoms with Crippen molar-refractivity contribution in [2.75, 3.05) is 32.8 Å².